The Balaban J connectivity index is 2.74. The van der Waals surface area contributed by atoms with Gasteiger partial charge >= 0.3 is 18.0 Å². The summed E-state index contributed by atoms with van der Waals surface area (Å²) >= 11 is 0. The van der Waals surface area contributed by atoms with Crippen LogP contribution in [0, 0.1) is 0 Å². The molecule has 1 aromatic rings. The number of esters is 2. The third kappa shape index (κ3) is 7.21. The Morgan fingerprint density at radius 3 is 2.36 bits per heavy atom. The molecule has 8 heteroatoms. The number of ether oxygens (including phenoxy) is 3. The average Bonchev–Trinajstić information content (AvgIpc) is 2.56. The number of carbonyl (C=O) groups excluding carboxylic acids is 3. The van der Waals surface area contributed by atoms with Crippen LogP contribution in [-0.2, 0) is 19.0 Å². The number of anilines is 1. The molecule has 2 N–H and O–H groups in total. The van der Waals surface area contributed by atoms with Gasteiger partial charge in [-0.05, 0) is 39.0 Å². The van der Waals surface area contributed by atoms with Gasteiger partial charge in [0, 0.05) is 5.69 Å². The van der Waals surface area contributed by atoms with E-state index in [0.717, 1.165) is 0 Å². The van der Waals surface area contributed by atoms with Crippen LogP contribution in [0.3, 0.4) is 0 Å². The molecule has 0 aliphatic heterocycles. The minimum Gasteiger partial charge on any atom is -0.467 e. The number of amides is 2. The Bertz CT molecular complexity index is 624. The maximum atomic E-state index is 12.1. The van der Waals surface area contributed by atoms with Crippen molar-refractivity contribution in [2.45, 2.75) is 32.4 Å². The number of benzene rings is 1. The number of rotatable bonds is 6. The minimum absolute atomic E-state index is 0.0359. The lowest BCUT2D eigenvalue weighted by Gasteiger charge is -2.24. The molecule has 0 radical (unpaired) electrons. The first-order chi connectivity index (χ1) is 11.7. The third-order valence-corrected chi connectivity index (χ3v) is 3.02. The average molecular weight is 352 g/mol. The molecule has 0 saturated heterocycles. The Kier molecular flexibility index (Phi) is 7.38. The molecule has 0 saturated carbocycles. The monoisotopic (exact) mass is 352 g/mol. The van der Waals surface area contributed by atoms with Crippen LogP contribution in [-0.4, -0.2) is 50.4 Å². The highest BCUT2D eigenvalue weighted by Crippen LogP contribution is 2.12. The highest BCUT2D eigenvalue weighted by atomic mass is 16.5. The lowest BCUT2D eigenvalue weighted by atomic mass is 10.2. The summed E-state index contributed by atoms with van der Waals surface area (Å²) in [5, 5.41) is 5.03. The van der Waals surface area contributed by atoms with E-state index in [0.29, 0.717) is 11.3 Å². The summed E-state index contributed by atoms with van der Waals surface area (Å²) in [6, 6.07) is 4.63. The number of methoxy groups -OCH3 is 2. The first-order valence-corrected chi connectivity index (χ1v) is 7.64. The molecular weight excluding hydrogens is 328 g/mol. The van der Waals surface area contributed by atoms with Gasteiger partial charge in [-0.1, -0.05) is 6.07 Å². The topological polar surface area (TPSA) is 103 Å². The van der Waals surface area contributed by atoms with E-state index in [4.69, 9.17) is 4.74 Å². The number of urea groups is 1. The zero-order chi connectivity index (χ0) is 19.0. The summed E-state index contributed by atoms with van der Waals surface area (Å²) in [6.07, 6.45) is 0. The molecular formula is C17H24N2O6. The molecule has 1 unspecified atom stereocenters. The van der Waals surface area contributed by atoms with Crippen LogP contribution in [0.1, 0.15) is 31.1 Å². The Morgan fingerprint density at radius 2 is 1.80 bits per heavy atom. The van der Waals surface area contributed by atoms with Crippen molar-refractivity contribution < 1.29 is 28.6 Å². The van der Waals surface area contributed by atoms with Crippen molar-refractivity contribution in [3.05, 3.63) is 29.8 Å². The quantitative estimate of drug-likeness (QED) is 0.759. The van der Waals surface area contributed by atoms with Crippen LogP contribution in [0.5, 0.6) is 0 Å². The second-order valence-corrected chi connectivity index (χ2v) is 6.17. The first kappa shape index (κ1) is 20.4. The van der Waals surface area contributed by atoms with E-state index in [9.17, 15) is 14.4 Å². The second kappa shape index (κ2) is 9.03. The fraction of sp³-hybridized carbons (Fsp3) is 0.471. The number of nitrogens with one attached hydrogen (secondary N) is 2. The van der Waals surface area contributed by atoms with Gasteiger partial charge in [0.2, 0.25) is 0 Å². The first-order valence-electron chi connectivity index (χ1n) is 7.64. The molecule has 2 amide bonds. The molecule has 138 valence electrons. The van der Waals surface area contributed by atoms with Crippen LogP contribution >= 0.6 is 0 Å². The zero-order valence-corrected chi connectivity index (χ0v) is 15.0. The van der Waals surface area contributed by atoms with Crippen LogP contribution in [0.4, 0.5) is 10.5 Å². The smallest absolute Gasteiger partial charge is 0.337 e. The molecule has 0 bridgehead atoms. The zero-order valence-electron chi connectivity index (χ0n) is 15.0. The fourth-order valence-corrected chi connectivity index (χ4v) is 1.81. The van der Waals surface area contributed by atoms with Gasteiger partial charge in [0.05, 0.1) is 32.0 Å². The van der Waals surface area contributed by atoms with Gasteiger partial charge in [-0.3, -0.25) is 0 Å². The summed E-state index contributed by atoms with van der Waals surface area (Å²) in [4.78, 5) is 35.4. The molecule has 0 aliphatic rings. The molecule has 0 fully saturated rings. The largest absolute Gasteiger partial charge is 0.467 e. The highest BCUT2D eigenvalue weighted by Gasteiger charge is 2.24. The molecule has 0 aliphatic carbocycles. The van der Waals surface area contributed by atoms with Crippen LogP contribution < -0.4 is 10.6 Å². The van der Waals surface area contributed by atoms with E-state index in [1.807, 2.05) is 20.8 Å². The molecule has 25 heavy (non-hydrogen) atoms. The van der Waals surface area contributed by atoms with Crippen molar-refractivity contribution in [1.82, 2.24) is 5.32 Å². The molecule has 1 rings (SSSR count). The van der Waals surface area contributed by atoms with E-state index in [1.54, 1.807) is 18.2 Å². The normalized spacial score (nSPS) is 12.0. The molecule has 8 nitrogen and oxygen atoms in total. The maximum absolute atomic E-state index is 12.1. The lowest BCUT2D eigenvalue weighted by molar-refractivity contribution is -0.145. The SMILES string of the molecule is COC(=O)c1cccc(NC(=O)NC(COC(C)(C)C)C(=O)OC)c1. The number of hydrogen-bond donors (Lipinski definition) is 2. The molecule has 0 heterocycles. The number of carbonyl (C=O) groups is 3. The van der Waals surface area contributed by atoms with E-state index in [1.165, 1.54) is 20.3 Å². The van der Waals surface area contributed by atoms with Crippen LogP contribution in [0.25, 0.3) is 0 Å². The summed E-state index contributed by atoms with van der Waals surface area (Å²) in [6.45, 7) is 5.46. The van der Waals surface area contributed by atoms with Gasteiger partial charge < -0.3 is 24.8 Å². The highest BCUT2D eigenvalue weighted by molar-refractivity contribution is 5.95. The second-order valence-electron chi connectivity index (χ2n) is 6.17. The Labute approximate surface area is 146 Å². The van der Waals surface area contributed by atoms with E-state index < -0.39 is 29.6 Å². The van der Waals surface area contributed by atoms with Gasteiger partial charge in [0.25, 0.3) is 0 Å². The van der Waals surface area contributed by atoms with Crippen molar-refractivity contribution in [1.29, 1.82) is 0 Å². The van der Waals surface area contributed by atoms with Gasteiger partial charge in [-0.15, -0.1) is 0 Å². The van der Waals surface area contributed by atoms with Gasteiger partial charge in [-0.2, -0.15) is 0 Å². The van der Waals surface area contributed by atoms with Crippen LogP contribution in [0.15, 0.2) is 24.3 Å². The van der Waals surface area contributed by atoms with Crippen molar-refractivity contribution in [3.63, 3.8) is 0 Å². The predicted octanol–water partition coefficient (Wildman–Crippen LogP) is 1.95. The van der Waals surface area contributed by atoms with Crippen molar-refractivity contribution in [2.24, 2.45) is 0 Å². The van der Waals surface area contributed by atoms with Gasteiger partial charge in [0.15, 0.2) is 6.04 Å². The summed E-state index contributed by atoms with van der Waals surface area (Å²) in [7, 11) is 2.50. The summed E-state index contributed by atoms with van der Waals surface area (Å²) in [5.74, 6) is -1.14. The van der Waals surface area contributed by atoms with E-state index in [2.05, 4.69) is 20.1 Å². The maximum Gasteiger partial charge on any atom is 0.337 e. The lowest BCUT2D eigenvalue weighted by Crippen LogP contribution is -2.47. The molecule has 1 aromatic carbocycles. The van der Waals surface area contributed by atoms with Crippen molar-refractivity contribution in [3.8, 4) is 0 Å². The summed E-state index contributed by atoms with van der Waals surface area (Å²) < 4.78 is 14.8. The minimum atomic E-state index is -0.965. The Hall–Kier alpha value is -2.61. The van der Waals surface area contributed by atoms with Gasteiger partial charge in [0.1, 0.15) is 0 Å². The number of hydrogen-bond acceptors (Lipinski definition) is 6. The van der Waals surface area contributed by atoms with Crippen molar-refractivity contribution >= 4 is 23.7 Å². The van der Waals surface area contributed by atoms with Crippen LogP contribution in [0.2, 0.25) is 0 Å². The molecule has 0 aromatic heterocycles. The summed E-state index contributed by atoms with van der Waals surface area (Å²) in [5.41, 5.74) is 0.195. The molecule has 1 atom stereocenters. The molecule has 0 spiro atoms. The van der Waals surface area contributed by atoms with Crippen molar-refractivity contribution in [2.75, 3.05) is 26.1 Å². The fourth-order valence-electron chi connectivity index (χ4n) is 1.81. The van der Waals surface area contributed by atoms with E-state index in [-0.39, 0.29) is 6.61 Å². The predicted molar refractivity (Wildman–Crippen MR) is 91.4 cm³/mol. The third-order valence-electron chi connectivity index (χ3n) is 3.02. The van der Waals surface area contributed by atoms with E-state index >= 15 is 0 Å². The van der Waals surface area contributed by atoms with Gasteiger partial charge in [-0.25, -0.2) is 14.4 Å². The standard InChI is InChI=1S/C17H24N2O6/c1-17(2,3)25-10-13(15(21)24-5)19-16(22)18-12-8-6-7-11(9-12)14(20)23-4/h6-9,13H,10H2,1-5H3,(H2,18,19,22). The Morgan fingerprint density at radius 1 is 1.12 bits per heavy atom.